The lowest BCUT2D eigenvalue weighted by Gasteiger charge is -2.18. The molecule has 1 unspecified atom stereocenters. The van der Waals surface area contributed by atoms with E-state index in [2.05, 4.69) is 106 Å². The Morgan fingerprint density at radius 3 is 1.11 bits per heavy atom. The van der Waals surface area contributed by atoms with Crippen molar-refractivity contribution >= 4 is 17.9 Å². The number of ether oxygens (including phenoxy) is 3. The molecule has 0 aliphatic carbocycles. The highest BCUT2D eigenvalue weighted by Crippen LogP contribution is 2.12. The Morgan fingerprint density at radius 1 is 0.339 bits per heavy atom. The summed E-state index contributed by atoms with van der Waals surface area (Å²) in [5, 5.41) is 0. The van der Waals surface area contributed by atoms with Crippen LogP contribution in [0.3, 0.4) is 0 Å². The molecular weight excluding hydrogens is 769 g/mol. The number of carbonyl (C=O) groups is 3. The van der Waals surface area contributed by atoms with Gasteiger partial charge in [0.25, 0.3) is 0 Å². The van der Waals surface area contributed by atoms with E-state index in [1.165, 1.54) is 70.6 Å². The van der Waals surface area contributed by atoms with Gasteiger partial charge in [-0.25, -0.2) is 0 Å². The topological polar surface area (TPSA) is 78.9 Å². The van der Waals surface area contributed by atoms with Crippen molar-refractivity contribution in [2.24, 2.45) is 0 Å². The lowest BCUT2D eigenvalue weighted by atomic mass is 10.1. The summed E-state index contributed by atoms with van der Waals surface area (Å²) in [6.07, 6.45) is 65.4. The van der Waals surface area contributed by atoms with Crippen LogP contribution in [0.4, 0.5) is 0 Å². The molecule has 0 fully saturated rings. The minimum absolute atomic E-state index is 0.109. The van der Waals surface area contributed by atoms with Gasteiger partial charge in [-0.05, 0) is 109 Å². The standard InChI is InChI=1S/C56H92O6/c1-4-7-10-13-16-19-22-25-26-27-28-29-30-32-34-37-40-43-46-49-55(58)61-52-53(51-60-54(57)48-45-42-39-36-33-24-21-18-15-12-9-6-3)62-56(59)50-47-44-41-38-35-31-23-20-17-14-11-8-5-2/h7,10,16,18-21,23,25-26,28-29,32,34,40,43,53H,4-6,8-9,11-15,17,22,24,27,30-31,33,35-39,41-42,44-52H2,1-3H3/b10-7-,19-16-,21-18-,23-20-,26-25-,29-28-,34-32-,43-40-. The van der Waals surface area contributed by atoms with Crippen LogP contribution in [0.5, 0.6) is 0 Å². The van der Waals surface area contributed by atoms with Crippen molar-refractivity contribution in [1.29, 1.82) is 0 Å². The minimum Gasteiger partial charge on any atom is -0.462 e. The van der Waals surface area contributed by atoms with E-state index >= 15 is 0 Å². The molecule has 0 aliphatic heterocycles. The molecule has 0 saturated carbocycles. The molecule has 0 bridgehead atoms. The average molecular weight is 861 g/mol. The van der Waals surface area contributed by atoms with E-state index in [4.69, 9.17) is 14.2 Å². The molecule has 0 aromatic carbocycles. The Hall–Kier alpha value is -3.67. The lowest BCUT2D eigenvalue weighted by molar-refractivity contribution is -0.166. The van der Waals surface area contributed by atoms with Crippen molar-refractivity contribution in [3.05, 3.63) is 97.2 Å². The predicted molar refractivity (Wildman–Crippen MR) is 265 cm³/mol. The van der Waals surface area contributed by atoms with Crippen LogP contribution < -0.4 is 0 Å². The van der Waals surface area contributed by atoms with Crippen LogP contribution in [0, 0.1) is 0 Å². The molecule has 352 valence electrons. The summed E-state index contributed by atoms with van der Waals surface area (Å²) in [5.41, 5.74) is 0. The minimum atomic E-state index is -0.815. The van der Waals surface area contributed by atoms with Crippen molar-refractivity contribution in [3.63, 3.8) is 0 Å². The Labute approximate surface area is 381 Å². The van der Waals surface area contributed by atoms with E-state index in [0.29, 0.717) is 19.3 Å². The third kappa shape index (κ3) is 47.4. The molecule has 1 atom stereocenters. The molecular formula is C56H92O6. The highest BCUT2D eigenvalue weighted by molar-refractivity contribution is 5.71. The van der Waals surface area contributed by atoms with E-state index in [9.17, 15) is 14.4 Å². The molecule has 6 heteroatoms. The second-order valence-electron chi connectivity index (χ2n) is 16.3. The van der Waals surface area contributed by atoms with Crippen LogP contribution in [0.25, 0.3) is 0 Å². The fraction of sp³-hybridized carbons (Fsp3) is 0.661. The maximum atomic E-state index is 12.8. The van der Waals surface area contributed by atoms with Gasteiger partial charge in [-0.15, -0.1) is 0 Å². The number of hydrogen-bond acceptors (Lipinski definition) is 6. The molecule has 0 aliphatic rings. The van der Waals surface area contributed by atoms with Crippen molar-refractivity contribution < 1.29 is 28.6 Å². The fourth-order valence-corrected chi connectivity index (χ4v) is 6.51. The number of hydrogen-bond donors (Lipinski definition) is 0. The molecule has 0 saturated heterocycles. The molecule has 0 radical (unpaired) electrons. The summed E-state index contributed by atoms with van der Waals surface area (Å²) in [5.74, 6) is -1.02. The van der Waals surface area contributed by atoms with Crippen molar-refractivity contribution in [1.82, 2.24) is 0 Å². The highest BCUT2D eigenvalue weighted by Gasteiger charge is 2.19. The van der Waals surface area contributed by atoms with E-state index < -0.39 is 6.10 Å². The Morgan fingerprint density at radius 2 is 0.661 bits per heavy atom. The number of rotatable bonds is 44. The normalized spacial score (nSPS) is 12.9. The molecule has 0 rings (SSSR count). The van der Waals surface area contributed by atoms with Crippen LogP contribution in [-0.4, -0.2) is 37.2 Å². The third-order valence-corrected chi connectivity index (χ3v) is 10.3. The summed E-state index contributed by atoms with van der Waals surface area (Å²) in [6.45, 7) is 6.39. The van der Waals surface area contributed by atoms with E-state index in [1.807, 2.05) is 12.2 Å². The van der Waals surface area contributed by atoms with E-state index in [0.717, 1.165) is 103 Å². The van der Waals surface area contributed by atoms with Gasteiger partial charge in [0, 0.05) is 19.3 Å². The summed E-state index contributed by atoms with van der Waals surface area (Å²) < 4.78 is 16.7. The number of allylic oxidation sites excluding steroid dienone is 16. The second kappa shape index (κ2) is 50.0. The molecule has 62 heavy (non-hydrogen) atoms. The van der Waals surface area contributed by atoms with Crippen LogP contribution in [0.15, 0.2) is 97.2 Å². The zero-order valence-corrected chi connectivity index (χ0v) is 40.1. The van der Waals surface area contributed by atoms with Gasteiger partial charge in [-0.2, -0.15) is 0 Å². The first kappa shape index (κ1) is 58.3. The molecule has 0 N–H and O–H groups in total. The Kier molecular flexibility index (Phi) is 47.0. The summed E-state index contributed by atoms with van der Waals surface area (Å²) in [6, 6.07) is 0. The van der Waals surface area contributed by atoms with Crippen molar-refractivity contribution in [2.75, 3.05) is 13.2 Å². The zero-order chi connectivity index (χ0) is 45.1. The molecule has 0 spiro atoms. The summed E-state index contributed by atoms with van der Waals surface area (Å²) in [4.78, 5) is 37.9. The van der Waals surface area contributed by atoms with Gasteiger partial charge in [0.15, 0.2) is 6.10 Å². The molecule has 0 heterocycles. The first-order valence-electron chi connectivity index (χ1n) is 25.2. The van der Waals surface area contributed by atoms with Crippen LogP contribution in [0.2, 0.25) is 0 Å². The van der Waals surface area contributed by atoms with Gasteiger partial charge in [0.05, 0.1) is 0 Å². The van der Waals surface area contributed by atoms with E-state index in [1.54, 1.807) is 0 Å². The first-order chi connectivity index (χ1) is 30.5. The summed E-state index contributed by atoms with van der Waals surface area (Å²) >= 11 is 0. The van der Waals surface area contributed by atoms with E-state index in [-0.39, 0.29) is 37.5 Å². The SMILES string of the molecule is CC/C=C\C/C=C\C/C=C\C/C=C\C/C=C\C/C=C\CCC(=O)OCC(COC(=O)CCCCCCC/C=C\CCCCC)OC(=O)CCCCCCC/C=C\CCCCCC. The first-order valence-corrected chi connectivity index (χ1v) is 25.2. The van der Waals surface area contributed by atoms with Gasteiger partial charge in [-0.3, -0.25) is 14.4 Å². The largest absolute Gasteiger partial charge is 0.462 e. The molecule has 6 nitrogen and oxygen atoms in total. The maximum absolute atomic E-state index is 12.8. The Bertz CT molecular complexity index is 1260. The number of carbonyl (C=O) groups excluding carboxylic acids is 3. The smallest absolute Gasteiger partial charge is 0.306 e. The number of esters is 3. The fourth-order valence-electron chi connectivity index (χ4n) is 6.51. The van der Waals surface area contributed by atoms with Crippen molar-refractivity contribution in [2.45, 2.75) is 226 Å². The Balaban J connectivity index is 4.52. The maximum Gasteiger partial charge on any atom is 0.306 e. The van der Waals surface area contributed by atoms with Gasteiger partial charge in [0.1, 0.15) is 13.2 Å². The summed E-state index contributed by atoms with van der Waals surface area (Å²) in [7, 11) is 0. The quantitative estimate of drug-likeness (QED) is 0.0263. The third-order valence-electron chi connectivity index (χ3n) is 10.3. The molecule has 0 amide bonds. The van der Waals surface area contributed by atoms with Crippen LogP contribution >= 0.6 is 0 Å². The highest BCUT2D eigenvalue weighted by atomic mass is 16.6. The predicted octanol–water partition coefficient (Wildman–Crippen LogP) is 16.6. The van der Waals surface area contributed by atoms with Gasteiger partial charge < -0.3 is 14.2 Å². The molecule has 0 aromatic heterocycles. The molecule has 0 aromatic rings. The lowest BCUT2D eigenvalue weighted by Crippen LogP contribution is -2.30. The van der Waals surface area contributed by atoms with Crippen LogP contribution in [0.1, 0.15) is 220 Å². The van der Waals surface area contributed by atoms with Crippen LogP contribution in [-0.2, 0) is 28.6 Å². The van der Waals surface area contributed by atoms with Gasteiger partial charge in [0.2, 0.25) is 0 Å². The second-order valence-corrected chi connectivity index (χ2v) is 16.3. The monoisotopic (exact) mass is 861 g/mol. The zero-order valence-electron chi connectivity index (χ0n) is 40.1. The number of unbranched alkanes of at least 4 members (excludes halogenated alkanes) is 17. The average Bonchev–Trinajstić information content (AvgIpc) is 3.27. The van der Waals surface area contributed by atoms with Gasteiger partial charge in [-0.1, -0.05) is 189 Å². The van der Waals surface area contributed by atoms with Crippen molar-refractivity contribution in [3.8, 4) is 0 Å². The van der Waals surface area contributed by atoms with Gasteiger partial charge >= 0.3 is 17.9 Å².